The molecule has 1 heterocycles. The Balaban J connectivity index is 1.75. The Kier molecular flexibility index (Phi) is 5.21. The molecule has 0 aliphatic heterocycles. The van der Waals surface area contributed by atoms with Crippen LogP contribution in [-0.2, 0) is 17.8 Å². The van der Waals surface area contributed by atoms with Crippen molar-refractivity contribution < 1.29 is 4.79 Å². The number of nitrogens with one attached hydrogen (secondary N) is 1. The lowest BCUT2D eigenvalue weighted by molar-refractivity contribution is -0.120. The average Bonchev–Trinajstić information content (AvgIpc) is 2.89. The van der Waals surface area contributed by atoms with E-state index in [2.05, 4.69) is 54.1 Å². The lowest BCUT2D eigenvalue weighted by atomic mass is 10.0. The number of fused-ring (bicyclic) bond motifs is 1. The summed E-state index contributed by atoms with van der Waals surface area (Å²) in [6.07, 6.45) is 2.09. The molecule has 2 aromatic carbocycles. The molecule has 0 unspecified atom stereocenters. The molecule has 0 aliphatic rings. The van der Waals surface area contributed by atoms with Crippen molar-refractivity contribution in [3.63, 3.8) is 0 Å². The van der Waals surface area contributed by atoms with Crippen LogP contribution in [-0.4, -0.2) is 16.7 Å². The number of para-hydroxylation sites is 1. The zero-order valence-corrected chi connectivity index (χ0v) is 15.8. The summed E-state index contributed by atoms with van der Waals surface area (Å²) in [4.78, 5) is 12.2. The predicted molar refractivity (Wildman–Crippen MR) is 108 cm³/mol. The molecular formula is C22H25N3O. The molecule has 0 bridgehead atoms. The van der Waals surface area contributed by atoms with Crippen LogP contribution in [0.1, 0.15) is 34.9 Å². The van der Waals surface area contributed by atoms with Crippen LogP contribution in [0.5, 0.6) is 0 Å². The average molecular weight is 347 g/mol. The van der Waals surface area contributed by atoms with Crippen molar-refractivity contribution in [2.24, 2.45) is 5.10 Å². The van der Waals surface area contributed by atoms with E-state index in [1.165, 1.54) is 11.1 Å². The van der Waals surface area contributed by atoms with Crippen LogP contribution in [0.2, 0.25) is 0 Å². The van der Waals surface area contributed by atoms with Gasteiger partial charge < -0.3 is 4.57 Å². The standard InChI is InChI=1S/C22H25N3O/c1-5-25-17(4)20(19-8-6-7-9-21(19)25)14-23-24-22(26)13-18-11-10-15(2)12-16(18)3/h6-12,14H,5,13H2,1-4H3,(H,24,26)/b23-14-. The van der Waals surface area contributed by atoms with Crippen molar-refractivity contribution in [2.45, 2.75) is 40.7 Å². The highest BCUT2D eigenvalue weighted by atomic mass is 16.2. The Morgan fingerprint density at radius 1 is 1.15 bits per heavy atom. The smallest absolute Gasteiger partial charge is 0.244 e. The fourth-order valence-corrected chi connectivity index (χ4v) is 3.45. The molecule has 0 radical (unpaired) electrons. The van der Waals surface area contributed by atoms with Gasteiger partial charge in [-0.3, -0.25) is 4.79 Å². The number of hydrazone groups is 1. The molecule has 26 heavy (non-hydrogen) atoms. The third-order valence-electron chi connectivity index (χ3n) is 4.83. The summed E-state index contributed by atoms with van der Waals surface area (Å²) in [5, 5.41) is 5.36. The van der Waals surface area contributed by atoms with Crippen molar-refractivity contribution in [1.29, 1.82) is 0 Å². The van der Waals surface area contributed by atoms with Gasteiger partial charge in [0, 0.05) is 28.7 Å². The van der Waals surface area contributed by atoms with Gasteiger partial charge in [-0.15, -0.1) is 0 Å². The van der Waals surface area contributed by atoms with E-state index in [1.54, 1.807) is 6.21 Å². The fourth-order valence-electron chi connectivity index (χ4n) is 3.45. The normalized spacial score (nSPS) is 11.4. The first-order valence-corrected chi connectivity index (χ1v) is 8.97. The van der Waals surface area contributed by atoms with E-state index in [0.29, 0.717) is 6.42 Å². The number of aromatic nitrogens is 1. The minimum absolute atomic E-state index is 0.106. The lowest BCUT2D eigenvalue weighted by Crippen LogP contribution is -2.20. The minimum atomic E-state index is -0.106. The summed E-state index contributed by atoms with van der Waals surface area (Å²) >= 11 is 0. The van der Waals surface area contributed by atoms with Gasteiger partial charge in [-0.05, 0) is 44.9 Å². The van der Waals surface area contributed by atoms with Crippen LogP contribution in [0.25, 0.3) is 10.9 Å². The van der Waals surface area contributed by atoms with Gasteiger partial charge in [0.1, 0.15) is 0 Å². The Morgan fingerprint density at radius 3 is 2.65 bits per heavy atom. The maximum Gasteiger partial charge on any atom is 0.244 e. The maximum atomic E-state index is 12.2. The Bertz CT molecular complexity index is 982. The van der Waals surface area contributed by atoms with Crippen LogP contribution < -0.4 is 5.43 Å². The van der Waals surface area contributed by atoms with Gasteiger partial charge in [0.2, 0.25) is 5.91 Å². The van der Waals surface area contributed by atoms with Gasteiger partial charge in [-0.2, -0.15) is 5.10 Å². The summed E-state index contributed by atoms with van der Waals surface area (Å²) in [6, 6.07) is 14.4. The molecule has 1 N–H and O–H groups in total. The number of hydrogen-bond donors (Lipinski definition) is 1. The quantitative estimate of drug-likeness (QED) is 0.543. The molecule has 0 spiro atoms. The van der Waals surface area contributed by atoms with Crippen molar-refractivity contribution in [2.75, 3.05) is 0 Å². The van der Waals surface area contributed by atoms with Gasteiger partial charge in [0.05, 0.1) is 12.6 Å². The molecule has 1 amide bonds. The number of carbonyl (C=O) groups is 1. The topological polar surface area (TPSA) is 46.4 Å². The van der Waals surface area contributed by atoms with E-state index in [0.717, 1.165) is 34.3 Å². The first kappa shape index (κ1) is 17.9. The summed E-state index contributed by atoms with van der Waals surface area (Å²) < 4.78 is 2.26. The van der Waals surface area contributed by atoms with E-state index in [9.17, 15) is 4.79 Å². The van der Waals surface area contributed by atoms with Crippen LogP contribution in [0.3, 0.4) is 0 Å². The van der Waals surface area contributed by atoms with E-state index in [1.807, 2.05) is 31.2 Å². The highest BCUT2D eigenvalue weighted by Gasteiger charge is 2.11. The number of amides is 1. The molecule has 0 aliphatic carbocycles. The first-order valence-electron chi connectivity index (χ1n) is 8.97. The van der Waals surface area contributed by atoms with Gasteiger partial charge in [0.15, 0.2) is 0 Å². The molecule has 4 heteroatoms. The molecular weight excluding hydrogens is 322 g/mol. The molecule has 0 saturated heterocycles. The van der Waals surface area contributed by atoms with Crippen LogP contribution in [0.15, 0.2) is 47.6 Å². The Labute approximate surface area is 154 Å². The number of aryl methyl sites for hydroxylation is 3. The van der Waals surface area contributed by atoms with Gasteiger partial charge in [0.25, 0.3) is 0 Å². The second-order valence-electron chi connectivity index (χ2n) is 6.66. The number of nitrogens with zero attached hydrogens (tertiary/aromatic N) is 2. The molecule has 1 aromatic heterocycles. The van der Waals surface area contributed by atoms with Gasteiger partial charge in [-0.1, -0.05) is 42.0 Å². The molecule has 0 fully saturated rings. The van der Waals surface area contributed by atoms with Crippen molar-refractivity contribution in [1.82, 2.24) is 9.99 Å². The van der Waals surface area contributed by atoms with Crippen molar-refractivity contribution in [3.05, 3.63) is 70.4 Å². The molecule has 134 valence electrons. The number of rotatable bonds is 5. The second-order valence-corrected chi connectivity index (χ2v) is 6.66. The summed E-state index contributed by atoms with van der Waals surface area (Å²) in [5.41, 5.74) is 9.42. The summed E-state index contributed by atoms with van der Waals surface area (Å²) in [7, 11) is 0. The maximum absolute atomic E-state index is 12.2. The monoisotopic (exact) mass is 347 g/mol. The number of benzene rings is 2. The van der Waals surface area contributed by atoms with Crippen molar-refractivity contribution in [3.8, 4) is 0 Å². The van der Waals surface area contributed by atoms with Gasteiger partial charge in [-0.25, -0.2) is 5.43 Å². The largest absolute Gasteiger partial charge is 0.344 e. The molecule has 0 saturated carbocycles. The van der Waals surface area contributed by atoms with Crippen molar-refractivity contribution >= 4 is 23.0 Å². The Morgan fingerprint density at radius 2 is 1.92 bits per heavy atom. The molecule has 3 aromatic rings. The van der Waals surface area contributed by atoms with E-state index in [-0.39, 0.29) is 5.91 Å². The lowest BCUT2D eigenvalue weighted by Gasteiger charge is -2.06. The van der Waals surface area contributed by atoms with Crippen LogP contribution in [0.4, 0.5) is 0 Å². The molecule has 4 nitrogen and oxygen atoms in total. The fraction of sp³-hybridized carbons (Fsp3) is 0.273. The first-order chi connectivity index (χ1) is 12.5. The Hall–Kier alpha value is -2.88. The zero-order chi connectivity index (χ0) is 18.7. The highest BCUT2D eigenvalue weighted by Crippen LogP contribution is 2.24. The zero-order valence-electron chi connectivity index (χ0n) is 15.8. The summed E-state index contributed by atoms with van der Waals surface area (Å²) in [5.74, 6) is -0.106. The van der Waals surface area contributed by atoms with Crippen LogP contribution in [0, 0.1) is 20.8 Å². The van der Waals surface area contributed by atoms with Gasteiger partial charge >= 0.3 is 0 Å². The van der Waals surface area contributed by atoms with E-state index >= 15 is 0 Å². The van der Waals surface area contributed by atoms with E-state index < -0.39 is 0 Å². The second kappa shape index (κ2) is 7.56. The minimum Gasteiger partial charge on any atom is -0.344 e. The van der Waals surface area contributed by atoms with E-state index in [4.69, 9.17) is 0 Å². The third kappa shape index (κ3) is 3.54. The highest BCUT2D eigenvalue weighted by molar-refractivity contribution is 6.01. The SMILES string of the molecule is CCn1c(C)c(/C=N\NC(=O)Cc2ccc(C)cc2C)c2ccccc21. The third-order valence-corrected chi connectivity index (χ3v) is 4.83. The molecule has 0 atom stereocenters. The number of hydrogen-bond acceptors (Lipinski definition) is 2. The molecule has 3 rings (SSSR count). The predicted octanol–water partition coefficient (Wildman–Crippen LogP) is 4.28. The van der Waals surface area contributed by atoms with Crippen LogP contribution >= 0.6 is 0 Å². The summed E-state index contributed by atoms with van der Waals surface area (Å²) in [6.45, 7) is 9.20. The number of carbonyl (C=O) groups excluding carboxylic acids is 1.